The third kappa shape index (κ3) is 2.87. The van der Waals surface area contributed by atoms with Gasteiger partial charge in [-0.15, -0.1) is 0 Å². The van der Waals surface area contributed by atoms with Crippen molar-refractivity contribution in [3.8, 4) is 11.6 Å². The van der Waals surface area contributed by atoms with Gasteiger partial charge in [-0.1, -0.05) is 6.07 Å². The van der Waals surface area contributed by atoms with Crippen LogP contribution in [0.5, 0.6) is 11.6 Å². The fourth-order valence-electron chi connectivity index (χ4n) is 1.14. The maximum Gasteiger partial charge on any atom is 0.258 e. The van der Waals surface area contributed by atoms with Crippen LogP contribution in [0.15, 0.2) is 30.3 Å². The summed E-state index contributed by atoms with van der Waals surface area (Å²) >= 11 is 2.04. The fourth-order valence-corrected chi connectivity index (χ4v) is 1.66. The van der Waals surface area contributed by atoms with E-state index in [1.165, 1.54) is 0 Å². The number of rotatable bonds is 2. The first-order chi connectivity index (χ1) is 8.06. The molecule has 0 spiro atoms. The molecule has 0 aliphatic heterocycles. The summed E-state index contributed by atoms with van der Waals surface area (Å²) in [6, 6.07) is 7.07. The molecule has 88 valence electrons. The third-order valence-electron chi connectivity index (χ3n) is 1.87. The lowest BCUT2D eigenvalue weighted by Gasteiger charge is -2.06. The topological polar surface area (TPSA) is 22.1 Å². The van der Waals surface area contributed by atoms with Crippen LogP contribution in [0, 0.1) is 21.2 Å². The van der Waals surface area contributed by atoms with Crippen LogP contribution >= 0.6 is 22.6 Å². The van der Waals surface area contributed by atoms with E-state index >= 15 is 0 Å². The van der Waals surface area contributed by atoms with Crippen molar-refractivity contribution < 1.29 is 17.9 Å². The zero-order valence-electron chi connectivity index (χ0n) is 8.25. The highest BCUT2D eigenvalue weighted by molar-refractivity contribution is 14.1. The molecule has 2 rings (SSSR count). The molecule has 17 heavy (non-hydrogen) atoms. The summed E-state index contributed by atoms with van der Waals surface area (Å²) in [6.07, 6.45) is 0. The molecule has 0 aliphatic carbocycles. The van der Waals surface area contributed by atoms with E-state index in [0.29, 0.717) is 11.8 Å². The van der Waals surface area contributed by atoms with E-state index in [-0.39, 0.29) is 0 Å². The van der Waals surface area contributed by atoms with E-state index in [2.05, 4.69) is 4.98 Å². The third-order valence-corrected chi connectivity index (χ3v) is 2.54. The quantitative estimate of drug-likeness (QED) is 0.605. The van der Waals surface area contributed by atoms with Gasteiger partial charge in [0, 0.05) is 9.64 Å². The van der Waals surface area contributed by atoms with E-state index in [4.69, 9.17) is 4.74 Å². The van der Waals surface area contributed by atoms with Crippen molar-refractivity contribution >= 4 is 22.6 Å². The monoisotopic (exact) mass is 351 g/mol. The average Bonchev–Trinajstić information content (AvgIpc) is 2.26. The van der Waals surface area contributed by atoms with Gasteiger partial charge in [0.2, 0.25) is 0 Å². The van der Waals surface area contributed by atoms with Gasteiger partial charge in [-0.05, 0) is 40.8 Å². The Labute approximate surface area is 109 Å². The molecule has 0 bridgehead atoms. The summed E-state index contributed by atoms with van der Waals surface area (Å²) in [6.45, 7) is 0. The molecule has 1 aromatic heterocycles. The number of halogens is 4. The minimum absolute atomic E-state index is 0.300. The second kappa shape index (κ2) is 4.91. The Balaban J connectivity index is 2.33. The van der Waals surface area contributed by atoms with Gasteiger partial charge in [-0.3, -0.25) is 0 Å². The second-order valence-corrected chi connectivity index (χ2v) is 4.35. The predicted octanol–water partition coefficient (Wildman–Crippen LogP) is 3.90. The van der Waals surface area contributed by atoms with E-state index in [1.807, 2.05) is 28.7 Å². The van der Waals surface area contributed by atoms with Crippen molar-refractivity contribution in [2.24, 2.45) is 0 Å². The number of hydrogen-bond donors (Lipinski definition) is 0. The smallest absolute Gasteiger partial charge is 0.258 e. The number of pyridine rings is 1. The first-order valence-corrected chi connectivity index (χ1v) is 5.59. The van der Waals surface area contributed by atoms with Crippen molar-refractivity contribution in [3.05, 3.63) is 51.5 Å². The standard InChI is InChI=1S/C11H5F3INO/c12-8-5-9(13)11(16-10(8)14)17-7-3-1-2-6(15)4-7/h1-5H. The van der Waals surface area contributed by atoms with Gasteiger partial charge in [0.05, 0.1) is 0 Å². The number of nitrogens with zero attached hydrogens (tertiary/aromatic N) is 1. The lowest BCUT2D eigenvalue weighted by atomic mass is 10.3. The van der Waals surface area contributed by atoms with Crippen molar-refractivity contribution in [2.45, 2.75) is 0 Å². The van der Waals surface area contributed by atoms with Crippen molar-refractivity contribution in [3.63, 3.8) is 0 Å². The largest absolute Gasteiger partial charge is 0.436 e. The summed E-state index contributed by atoms with van der Waals surface area (Å²) in [7, 11) is 0. The lowest BCUT2D eigenvalue weighted by molar-refractivity contribution is 0.387. The Morgan fingerprint density at radius 3 is 2.53 bits per heavy atom. The molecule has 0 aliphatic rings. The Bertz CT molecular complexity index is 562. The SMILES string of the molecule is Fc1cc(F)c(Oc2cccc(I)c2)nc1F. The highest BCUT2D eigenvalue weighted by Crippen LogP contribution is 2.24. The molecular weight excluding hydrogens is 346 g/mol. The number of aromatic nitrogens is 1. The molecule has 2 nitrogen and oxygen atoms in total. The van der Waals surface area contributed by atoms with Gasteiger partial charge in [-0.25, -0.2) is 8.78 Å². The Morgan fingerprint density at radius 1 is 1.06 bits per heavy atom. The number of benzene rings is 1. The van der Waals surface area contributed by atoms with Crippen LogP contribution in [0.4, 0.5) is 13.2 Å². The maximum atomic E-state index is 13.2. The molecule has 0 saturated heterocycles. The first kappa shape index (κ1) is 12.2. The molecule has 0 atom stereocenters. The molecule has 1 aromatic carbocycles. The molecule has 6 heteroatoms. The summed E-state index contributed by atoms with van der Waals surface area (Å²) in [4.78, 5) is 3.06. The van der Waals surface area contributed by atoms with Crippen molar-refractivity contribution in [2.75, 3.05) is 0 Å². The molecule has 0 radical (unpaired) electrons. The van der Waals surface area contributed by atoms with Crippen LogP contribution in [-0.2, 0) is 0 Å². The van der Waals surface area contributed by atoms with Crippen LogP contribution in [-0.4, -0.2) is 4.98 Å². The highest BCUT2D eigenvalue weighted by atomic mass is 127. The Morgan fingerprint density at radius 2 is 1.82 bits per heavy atom. The summed E-state index contributed by atoms with van der Waals surface area (Å²) in [5.41, 5.74) is 0. The van der Waals surface area contributed by atoms with Crippen LogP contribution in [0.1, 0.15) is 0 Å². The van der Waals surface area contributed by atoms with E-state index in [9.17, 15) is 13.2 Å². The van der Waals surface area contributed by atoms with Gasteiger partial charge in [0.25, 0.3) is 11.8 Å². The fraction of sp³-hybridized carbons (Fsp3) is 0. The zero-order valence-corrected chi connectivity index (χ0v) is 10.4. The normalized spacial score (nSPS) is 10.4. The van der Waals surface area contributed by atoms with Gasteiger partial charge in [-0.2, -0.15) is 9.37 Å². The summed E-state index contributed by atoms with van der Waals surface area (Å²) in [5.74, 6) is -4.09. The molecule has 2 aromatic rings. The molecular formula is C11H5F3INO. The van der Waals surface area contributed by atoms with Crippen LogP contribution < -0.4 is 4.74 Å². The van der Waals surface area contributed by atoms with Crippen LogP contribution in [0.25, 0.3) is 0 Å². The van der Waals surface area contributed by atoms with Crippen molar-refractivity contribution in [1.82, 2.24) is 4.98 Å². The van der Waals surface area contributed by atoms with Crippen LogP contribution in [0.2, 0.25) is 0 Å². The number of hydrogen-bond acceptors (Lipinski definition) is 2. The number of ether oxygens (including phenoxy) is 1. The van der Waals surface area contributed by atoms with Gasteiger partial charge >= 0.3 is 0 Å². The van der Waals surface area contributed by atoms with Crippen LogP contribution in [0.3, 0.4) is 0 Å². The predicted molar refractivity (Wildman–Crippen MR) is 63.3 cm³/mol. The molecule has 1 heterocycles. The maximum absolute atomic E-state index is 13.2. The molecule has 0 saturated carbocycles. The lowest BCUT2D eigenvalue weighted by Crippen LogP contribution is -1.98. The minimum atomic E-state index is -1.40. The zero-order chi connectivity index (χ0) is 12.4. The van der Waals surface area contributed by atoms with Gasteiger partial charge < -0.3 is 4.74 Å². The molecule has 0 N–H and O–H groups in total. The average molecular weight is 351 g/mol. The Kier molecular flexibility index (Phi) is 3.51. The van der Waals surface area contributed by atoms with E-state index in [1.54, 1.807) is 18.2 Å². The highest BCUT2D eigenvalue weighted by Gasteiger charge is 2.13. The minimum Gasteiger partial charge on any atom is -0.436 e. The Hall–Kier alpha value is -1.31. The molecule has 0 fully saturated rings. The summed E-state index contributed by atoms with van der Waals surface area (Å²) < 4.78 is 44.5. The molecule has 0 amide bonds. The van der Waals surface area contributed by atoms with E-state index in [0.717, 1.165) is 3.57 Å². The molecule has 0 unspecified atom stereocenters. The summed E-state index contributed by atoms with van der Waals surface area (Å²) in [5, 5.41) is 0. The van der Waals surface area contributed by atoms with Gasteiger partial charge in [0.15, 0.2) is 11.6 Å². The van der Waals surface area contributed by atoms with Crippen molar-refractivity contribution in [1.29, 1.82) is 0 Å². The van der Waals surface area contributed by atoms with E-state index < -0.39 is 23.5 Å². The second-order valence-electron chi connectivity index (χ2n) is 3.11. The van der Waals surface area contributed by atoms with Gasteiger partial charge in [0.1, 0.15) is 5.75 Å². The first-order valence-electron chi connectivity index (χ1n) is 4.51.